The van der Waals surface area contributed by atoms with Crippen molar-refractivity contribution in [2.24, 2.45) is 0 Å². The van der Waals surface area contributed by atoms with Crippen molar-refractivity contribution in [3.8, 4) is 11.4 Å². The first-order chi connectivity index (χ1) is 17.9. The van der Waals surface area contributed by atoms with Crippen LogP contribution in [0.4, 0.5) is 0 Å². The van der Waals surface area contributed by atoms with Crippen molar-refractivity contribution in [1.29, 1.82) is 0 Å². The smallest absolute Gasteiger partial charge is 0.204 e. The standard InChI is InChI=1S/C29H25N7/c1-3-7-20(8-4-1)26(21-9-5-2-6-10-21)27(22-11-15-24(16-12-22)28-30-19-31-32-28)23-13-17-25(18-14-23)29-33-35-36-34-29/h1-18,28,30-32H,19H2,(H,33,34,35,36). The van der Waals surface area contributed by atoms with Crippen LogP contribution in [-0.4, -0.2) is 27.3 Å². The fourth-order valence-electron chi connectivity index (χ4n) is 4.59. The third-order valence-electron chi connectivity index (χ3n) is 6.33. The van der Waals surface area contributed by atoms with Gasteiger partial charge in [0.15, 0.2) is 0 Å². The third-order valence-corrected chi connectivity index (χ3v) is 6.33. The minimum atomic E-state index is 0.0865. The molecule has 0 saturated carbocycles. The van der Waals surface area contributed by atoms with Crippen LogP contribution >= 0.6 is 0 Å². The molecule has 0 bridgehead atoms. The van der Waals surface area contributed by atoms with Crippen LogP contribution in [0.15, 0.2) is 109 Å². The molecule has 7 nitrogen and oxygen atoms in total. The Bertz CT molecular complexity index is 1400. The molecule has 1 fully saturated rings. The summed E-state index contributed by atoms with van der Waals surface area (Å²) in [4.78, 5) is 0. The lowest BCUT2D eigenvalue weighted by Crippen LogP contribution is -2.25. The summed E-state index contributed by atoms with van der Waals surface area (Å²) in [7, 11) is 0. The van der Waals surface area contributed by atoms with Crippen molar-refractivity contribution in [2.75, 3.05) is 6.67 Å². The van der Waals surface area contributed by atoms with E-state index in [1.807, 2.05) is 12.1 Å². The van der Waals surface area contributed by atoms with Gasteiger partial charge < -0.3 is 0 Å². The third kappa shape index (κ3) is 4.46. The van der Waals surface area contributed by atoms with Crippen LogP contribution in [-0.2, 0) is 0 Å². The molecule has 176 valence electrons. The second-order valence-corrected chi connectivity index (χ2v) is 8.55. The molecule has 7 heteroatoms. The van der Waals surface area contributed by atoms with E-state index in [-0.39, 0.29) is 6.17 Å². The highest BCUT2D eigenvalue weighted by Crippen LogP contribution is 2.37. The summed E-state index contributed by atoms with van der Waals surface area (Å²) < 4.78 is 0. The average Bonchev–Trinajstić information content (AvgIpc) is 3.68. The van der Waals surface area contributed by atoms with Gasteiger partial charge in [-0.2, -0.15) is 5.21 Å². The molecule has 2 heterocycles. The largest absolute Gasteiger partial charge is 0.283 e. The maximum Gasteiger partial charge on any atom is 0.204 e. The van der Waals surface area contributed by atoms with Crippen molar-refractivity contribution in [1.82, 2.24) is 36.8 Å². The van der Waals surface area contributed by atoms with Crippen molar-refractivity contribution in [3.63, 3.8) is 0 Å². The number of aromatic amines is 1. The number of nitrogens with one attached hydrogen (secondary N) is 4. The first-order valence-corrected chi connectivity index (χ1v) is 11.9. The van der Waals surface area contributed by atoms with E-state index in [1.165, 1.54) is 11.1 Å². The van der Waals surface area contributed by atoms with E-state index in [9.17, 15) is 0 Å². The number of rotatable bonds is 6. The molecule has 6 rings (SSSR count). The zero-order valence-electron chi connectivity index (χ0n) is 19.5. The lowest BCUT2D eigenvalue weighted by Gasteiger charge is -2.19. The summed E-state index contributed by atoms with van der Waals surface area (Å²) in [5, 5.41) is 17.9. The number of hydrazine groups is 1. The van der Waals surface area contributed by atoms with Gasteiger partial charge in [0.2, 0.25) is 5.82 Å². The Labute approximate surface area is 209 Å². The molecule has 0 amide bonds. The molecule has 0 spiro atoms. The molecule has 1 saturated heterocycles. The van der Waals surface area contributed by atoms with Gasteiger partial charge in [0, 0.05) is 5.56 Å². The van der Waals surface area contributed by atoms with Crippen LogP contribution in [0.2, 0.25) is 0 Å². The van der Waals surface area contributed by atoms with Gasteiger partial charge in [-0.25, -0.2) is 10.9 Å². The Hall–Kier alpha value is -4.43. The van der Waals surface area contributed by atoms with E-state index in [1.54, 1.807) is 0 Å². The van der Waals surface area contributed by atoms with Crippen LogP contribution in [0.3, 0.4) is 0 Å². The molecule has 4 N–H and O–H groups in total. The van der Waals surface area contributed by atoms with Gasteiger partial charge in [-0.1, -0.05) is 109 Å². The minimum Gasteiger partial charge on any atom is -0.283 e. The van der Waals surface area contributed by atoms with Gasteiger partial charge in [0.1, 0.15) is 0 Å². The highest BCUT2D eigenvalue weighted by Gasteiger charge is 2.19. The van der Waals surface area contributed by atoms with E-state index in [2.05, 4.69) is 134 Å². The van der Waals surface area contributed by atoms with Crippen LogP contribution < -0.4 is 16.2 Å². The number of benzene rings is 4. The predicted molar refractivity (Wildman–Crippen MR) is 141 cm³/mol. The van der Waals surface area contributed by atoms with Gasteiger partial charge in [-0.15, -0.1) is 10.2 Å². The van der Waals surface area contributed by atoms with E-state index in [0.717, 1.165) is 40.1 Å². The molecule has 1 aromatic heterocycles. The Morgan fingerprint density at radius 1 is 0.639 bits per heavy atom. The predicted octanol–water partition coefficient (Wildman–Crippen LogP) is 4.53. The quantitative estimate of drug-likeness (QED) is 0.272. The van der Waals surface area contributed by atoms with Crippen LogP contribution in [0, 0.1) is 0 Å². The van der Waals surface area contributed by atoms with Crippen molar-refractivity contribution in [2.45, 2.75) is 6.17 Å². The monoisotopic (exact) mass is 471 g/mol. The summed E-state index contributed by atoms with van der Waals surface area (Å²) in [5.74, 6) is 0.577. The van der Waals surface area contributed by atoms with E-state index in [0.29, 0.717) is 5.82 Å². The summed E-state index contributed by atoms with van der Waals surface area (Å²) in [6.07, 6.45) is 0.0865. The van der Waals surface area contributed by atoms with E-state index in [4.69, 9.17) is 0 Å². The summed E-state index contributed by atoms with van der Waals surface area (Å²) in [6, 6.07) is 38.2. The summed E-state index contributed by atoms with van der Waals surface area (Å²) in [6.45, 7) is 0.733. The molecule has 1 unspecified atom stereocenters. The maximum atomic E-state index is 4.12. The fourth-order valence-corrected chi connectivity index (χ4v) is 4.59. The number of tetrazole rings is 1. The van der Waals surface area contributed by atoms with Gasteiger partial charge >= 0.3 is 0 Å². The maximum absolute atomic E-state index is 4.12. The molecule has 0 aliphatic carbocycles. The van der Waals surface area contributed by atoms with Gasteiger partial charge in [0.25, 0.3) is 0 Å². The molecule has 1 aliphatic heterocycles. The van der Waals surface area contributed by atoms with Crippen LogP contribution in [0.25, 0.3) is 22.5 Å². The van der Waals surface area contributed by atoms with Gasteiger partial charge in [-0.05, 0) is 44.2 Å². The fraction of sp³-hybridized carbons (Fsp3) is 0.0690. The van der Waals surface area contributed by atoms with E-state index >= 15 is 0 Å². The highest BCUT2D eigenvalue weighted by molar-refractivity contribution is 6.04. The Morgan fingerprint density at radius 2 is 1.19 bits per heavy atom. The molecular weight excluding hydrogens is 446 g/mol. The normalized spacial score (nSPS) is 15.1. The summed E-state index contributed by atoms with van der Waals surface area (Å²) in [5.41, 5.74) is 15.4. The first kappa shape index (κ1) is 22.1. The lowest BCUT2D eigenvalue weighted by atomic mass is 9.85. The second-order valence-electron chi connectivity index (χ2n) is 8.55. The minimum absolute atomic E-state index is 0.0865. The number of hydrogen-bond donors (Lipinski definition) is 4. The average molecular weight is 472 g/mol. The SMILES string of the molecule is c1ccc(C(=C(c2ccc(-c3nn[nH]n3)cc2)c2ccc(C3NCNN3)cc2)c2ccccc2)cc1. The van der Waals surface area contributed by atoms with E-state index < -0.39 is 0 Å². The molecule has 4 aromatic carbocycles. The van der Waals surface area contributed by atoms with Crippen LogP contribution in [0.1, 0.15) is 34.0 Å². The Morgan fingerprint density at radius 3 is 1.69 bits per heavy atom. The molecular formula is C29H25N7. The van der Waals surface area contributed by atoms with Crippen molar-refractivity contribution < 1.29 is 0 Å². The molecule has 1 atom stereocenters. The molecule has 0 radical (unpaired) electrons. The number of H-pyrrole nitrogens is 1. The number of aromatic nitrogens is 4. The zero-order valence-corrected chi connectivity index (χ0v) is 19.5. The zero-order chi connectivity index (χ0) is 24.2. The molecule has 1 aliphatic rings. The van der Waals surface area contributed by atoms with Gasteiger partial charge in [0.05, 0.1) is 12.8 Å². The molecule has 36 heavy (non-hydrogen) atoms. The topological polar surface area (TPSA) is 90.5 Å². The second kappa shape index (κ2) is 10.1. The molecule has 5 aromatic rings. The lowest BCUT2D eigenvalue weighted by molar-refractivity contribution is 0.555. The number of nitrogens with zero attached hydrogens (tertiary/aromatic N) is 3. The van der Waals surface area contributed by atoms with Crippen LogP contribution in [0.5, 0.6) is 0 Å². The van der Waals surface area contributed by atoms with Crippen molar-refractivity contribution >= 4 is 11.1 Å². The summed E-state index contributed by atoms with van der Waals surface area (Å²) >= 11 is 0. The van der Waals surface area contributed by atoms with Crippen molar-refractivity contribution in [3.05, 3.63) is 137 Å². The highest BCUT2D eigenvalue weighted by atomic mass is 15.5. The van der Waals surface area contributed by atoms with Gasteiger partial charge in [-0.3, -0.25) is 5.32 Å². The first-order valence-electron chi connectivity index (χ1n) is 11.9. The Kier molecular flexibility index (Phi) is 6.16. The number of hydrogen-bond acceptors (Lipinski definition) is 6. The Balaban J connectivity index is 1.55.